The number of nitrogens with zero attached hydrogens (tertiary/aromatic N) is 2. The van der Waals surface area contributed by atoms with E-state index in [0.717, 1.165) is 23.8 Å². The van der Waals surface area contributed by atoms with E-state index in [-0.39, 0.29) is 0 Å². The zero-order valence-electron chi connectivity index (χ0n) is 13.1. The first-order valence-corrected chi connectivity index (χ1v) is 7.81. The van der Waals surface area contributed by atoms with Gasteiger partial charge in [0.25, 0.3) is 0 Å². The van der Waals surface area contributed by atoms with Gasteiger partial charge in [-0.15, -0.1) is 0 Å². The molecule has 0 radical (unpaired) electrons. The monoisotopic (exact) mass is 298 g/mol. The molecule has 116 valence electrons. The van der Waals surface area contributed by atoms with Crippen LogP contribution in [0.25, 0.3) is 11.3 Å². The summed E-state index contributed by atoms with van der Waals surface area (Å²) in [6.45, 7) is 5.41. The molecule has 0 unspecified atom stereocenters. The first-order chi connectivity index (χ1) is 10.7. The van der Waals surface area contributed by atoms with Crippen LogP contribution in [0.5, 0.6) is 0 Å². The van der Waals surface area contributed by atoms with Crippen molar-refractivity contribution < 1.29 is 4.42 Å². The minimum Gasteiger partial charge on any atom is -0.439 e. The van der Waals surface area contributed by atoms with Crippen LogP contribution in [0.2, 0.25) is 0 Å². The molecular weight excluding hydrogens is 276 g/mol. The van der Waals surface area contributed by atoms with Gasteiger partial charge in [-0.3, -0.25) is 0 Å². The molecule has 5 nitrogen and oxygen atoms in total. The number of aromatic nitrogens is 1. The van der Waals surface area contributed by atoms with Gasteiger partial charge in [-0.25, -0.2) is 9.98 Å². The van der Waals surface area contributed by atoms with Crippen molar-refractivity contribution in [2.75, 3.05) is 6.54 Å². The molecule has 3 rings (SSSR count). The summed E-state index contributed by atoms with van der Waals surface area (Å²) in [6.07, 6.45) is 4.21. The van der Waals surface area contributed by atoms with Crippen LogP contribution in [0.1, 0.15) is 31.2 Å². The van der Waals surface area contributed by atoms with E-state index >= 15 is 0 Å². The molecule has 1 aromatic carbocycles. The fraction of sp³-hybridized carbons (Fsp3) is 0.412. The largest absolute Gasteiger partial charge is 0.439 e. The van der Waals surface area contributed by atoms with Crippen LogP contribution in [-0.2, 0) is 6.54 Å². The summed E-state index contributed by atoms with van der Waals surface area (Å²) in [5.74, 6) is 2.24. The Morgan fingerprint density at radius 3 is 2.77 bits per heavy atom. The Balaban J connectivity index is 1.66. The number of hydrogen-bond donors (Lipinski definition) is 2. The molecular formula is C17H22N4O. The van der Waals surface area contributed by atoms with Gasteiger partial charge in [-0.1, -0.05) is 29.8 Å². The molecule has 0 bridgehead atoms. The number of hydrogen-bond acceptors (Lipinski definition) is 3. The topological polar surface area (TPSA) is 62.5 Å². The van der Waals surface area contributed by atoms with E-state index in [1.165, 1.54) is 18.4 Å². The van der Waals surface area contributed by atoms with Gasteiger partial charge in [-0.2, -0.15) is 0 Å². The molecule has 1 aromatic heterocycles. The van der Waals surface area contributed by atoms with Crippen molar-refractivity contribution in [3.05, 3.63) is 41.9 Å². The predicted molar refractivity (Wildman–Crippen MR) is 87.6 cm³/mol. The van der Waals surface area contributed by atoms with Crippen LogP contribution in [0.3, 0.4) is 0 Å². The Morgan fingerprint density at radius 1 is 1.32 bits per heavy atom. The summed E-state index contributed by atoms with van der Waals surface area (Å²) in [5, 5.41) is 6.61. The Labute approximate surface area is 130 Å². The highest BCUT2D eigenvalue weighted by Crippen LogP contribution is 2.21. The van der Waals surface area contributed by atoms with Crippen molar-refractivity contribution in [2.24, 2.45) is 4.99 Å². The van der Waals surface area contributed by atoms with Crippen molar-refractivity contribution in [3.63, 3.8) is 0 Å². The molecule has 1 heterocycles. The van der Waals surface area contributed by atoms with Crippen LogP contribution in [0.15, 0.2) is 39.9 Å². The molecule has 22 heavy (non-hydrogen) atoms. The highest BCUT2D eigenvalue weighted by Gasteiger charge is 2.22. The molecule has 1 aliphatic rings. The lowest BCUT2D eigenvalue weighted by Gasteiger charge is -2.09. The Morgan fingerprint density at radius 2 is 2.09 bits per heavy atom. The fourth-order valence-corrected chi connectivity index (χ4v) is 2.12. The molecule has 5 heteroatoms. The predicted octanol–water partition coefficient (Wildman–Crippen LogP) is 2.87. The zero-order chi connectivity index (χ0) is 15.4. The third kappa shape index (κ3) is 3.87. The van der Waals surface area contributed by atoms with Crippen LogP contribution < -0.4 is 10.6 Å². The lowest BCUT2D eigenvalue weighted by molar-refractivity contribution is 0.509. The van der Waals surface area contributed by atoms with Crippen LogP contribution in [-0.4, -0.2) is 23.5 Å². The summed E-state index contributed by atoms with van der Waals surface area (Å²) in [7, 11) is 0. The second-order valence-electron chi connectivity index (χ2n) is 5.60. The van der Waals surface area contributed by atoms with E-state index < -0.39 is 0 Å². The first kappa shape index (κ1) is 14.6. The van der Waals surface area contributed by atoms with Crippen LogP contribution in [0, 0.1) is 6.92 Å². The van der Waals surface area contributed by atoms with Crippen molar-refractivity contribution in [3.8, 4) is 11.3 Å². The van der Waals surface area contributed by atoms with E-state index in [9.17, 15) is 0 Å². The number of aryl methyl sites for hydroxylation is 1. The number of rotatable bonds is 5. The van der Waals surface area contributed by atoms with E-state index in [2.05, 4.69) is 46.6 Å². The summed E-state index contributed by atoms with van der Waals surface area (Å²) in [5.41, 5.74) is 2.27. The molecule has 1 saturated carbocycles. The number of aliphatic imine (C=N–C) groups is 1. The average Bonchev–Trinajstić information content (AvgIpc) is 3.21. The Hall–Kier alpha value is -2.30. The number of guanidine groups is 1. The van der Waals surface area contributed by atoms with E-state index in [0.29, 0.717) is 18.5 Å². The molecule has 2 N–H and O–H groups in total. The molecule has 0 aliphatic heterocycles. The van der Waals surface area contributed by atoms with Gasteiger partial charge < -0.3 is 15.1 Å². The summed E-state index contributed by atoms with van der Waals surface area (Å²) in [6, 6.07) is 8.80. The number of benzene rings is 1. The van der Waals surface area contributed by atoms with Gasteiger partial charge in [0.1, 0.15) is 6.54 Å². The van der Waals surface area contributed by atoms with Gasteiger partial charge in [0.2, 0.25) is 5.89 Å². The smallest absolute Gasteiger partial charge is 0.216 e. The highest BCUT2D eigenvalue weighted by molar-refractivity contribution is 5.80. The van der Waals surface area contributed by atoms with Gasteiger partial charge in [0.15, 0.2) is 11.7 Å². The van der Waals surface area contributed by atoms with E-state index in [4.69, 9.17) is 4.42 Å². The third-order valence-corrected chi connectivity index (χ3v) is 3.52. The molecule has 0 amide bonds. The van der Waals surface area contributed by atoms with Gasteiger partial charge in [0, 0.05) is 18.2 Å². The van der Waals surface area contributed by atoms with Gasteiger partial charge in [-0.05, 0) is 26.7 Å². The Bertz CT molecular complexity index is 641. The second-order valence-corrected chi connectivity index (χ2v) is 5.60. The average molecular weight is 298 g/mol. The van der Waals surface area contributed by atoms with Crippen molar-refractivity contribution in [1.29, 1.82) is 0 Å². The highest BCUT2D eigenvalue weighted by atomic mass is 16.4. The molecule has 1 fully saturated rings. The maximum absolute atomic E-state index is 5.78. The lowest BCUT2D eigenvalue weighted by Crippen LogP contribution is -2.38. The molecule has 2 aromatic rings. The number of nitrogens with one attached hydrogen (secondary N) is 2. The summed E-state index contributed by atoms with van der Waals surface area (Å²) < 4.78 is 5.78. The normalized spacial score (nSPS) is 14.9. The molecule has 0 atom stereocenters. The minimum absolute atomic E-state index is 0.438. The van der Waals surface area contributed by atoms with Crippen molar-refractivity contribution in [1.82, 2.24) is 15.6 Å². The van der Waals surface area contributed by atoms with E-state index in [1.807, 2.05) is 12.1 Å². The first-order valence-electron chi connectivity index (χ1n) is 7.81. The third-order valence-electron chi connectivity index (χ3n) is 3.52. The number of oxazole rings is 1. The van der Waals surface area contributed by atoms with Crippen LogP contribution >= 0.6 is 0 Å². The lowest BCUT2D eigenvalue weighted by atomic mass is 10.1. The van der Waals surface area contributed by atoms with Crippen molar-refractivity contribution >= 4 is 5.96 Å². The zero-order valence-corrected chi connectivity index (χ0v) is 13.1. The second kappa shape index (κ2) is 6.64. The quantitative estimate of drug-likeness (QED) is 0.658. The van der Waals surface area contributed by atoms with Crippen molar-refractivity contribution in [2.45, 2.75) is 39.3 Å². The maximum atomic E-state index is 5.78. The standard InChI is InChI=1S/C17H22N4O/c1-3-18-17(21-14-8-9-14)20-11-16-19-10-15(22-16)13-6-4-12(2)5-7-13/h4-7,10,14H,3,8-9,11H2,1-2H3,(H2,18,20,21). The fourth-order valence-electron chi connectivity index (χ4n) is 2.12. The molecule has 0 saturated heterocycles. The molecule has 1 aliphatic carbocycles. The maximum Gasteiger partial charge on any atom is 0.216 e. The van der Waals surface area contributed by atoms with Gasteiger partial charge in [0.05, 0.1) is 6.20 Å². The minimum atomic E-state index is 0.438. The van der Waals surface area contributed by atoms with E-state index in [1.54, 1.807) is 6.20 Å². The molecule has 0 spiro atoms. The Kier molecular flexibility index (Phi) is 4.42. The van der Waals surface area contributed by atoms with Gasteiger partial charge >= 0.3 is 0 Å². The van der Waals surface area contributed by atoms with Crippen LogP contribution in [0.4, 0.5) is 0 Å². The SMILES string of the molecule is CCNC(=NCc1ncc(-c2ccc(C)cc2)o1)NC1CC1. The summed E-state index contributed by atoms with van der Waals surface area (Å²) >= 11 is 0. The summed E-state index contributed by atoms with van der Waals surface area (Å²) in [4.78, 5) is 8.84.